The molecule has 0 atom stereocenters. The molecule has 0 saturated carbocycles. The summed E-state index contributed by atoms with van der Waals surface area (Å²) in [7, 11) is 0. The van der Waals surface area contributed by atoms with Crippen molar-refractivity contribution >= 4 is 22.4 Å². The molecule has 31 heavy (non-hydrogen) atoms. The van der Waals surface area contributed by atoms with Gasteiger partial charge in [-0.3, -0.25) is 14.6 Å². The van der Waals surface area contributed by atoms with E-state index in [0.717, 1.165) is 6.20 Å². The number of hydrogen-bond donors (Lipinski definition) is 2. The minimum Gasteiger partial charge on any atom is -0.329 e. The maximum atomic E-state index is 14.0. The summed E-state index contributed by atoms with van der Waals surface area (Å²) in [5, 5.41) is 15.4. The molecule has 8 nitrogen and oxygen atoms in total. The third kappa shape index (κ3) is 3.62. The lowest BCUT2D eigenvalue weighted by Gasteiger charge is -2.14. The van der Waals surface area contributed by atoms with Crippen molar-refractivity contribution in [1.82, 2.24) is 19.7 Å². The van der Waals surface area contributed by atoms with Crippen LogP contribution in [0.15, 0.2) is 59.9 Å². The summed E-state index contributed by atoms with van der Waals surface area (Å²) in [6, 6.07) is 8.81. The summed E-state index contributed by atoms with van der Waals surface area (Å²) in [4.78, 5) is 30.8. The third-order valence-electron chi connectivity index (χ3n) is 4.43. The number of alkyl halides is 3. The lowest BCUT2D eigenvalue weighted by Crippen LogP contribution is -2.21. The van der Waals surface area contributed by atoms with E-state index < -0.39 is 28.9 Å². The second-order valence-electron chi connectivity index (χ2n) is 6.39. The van der Waals surface area contributed by atoms with Gasteiger partial charge in [0.05, 0.1) is 34.9 Å². The van der Waals surface area contributed by atoms with Crippen LogP contribution in [-0.2, 0) is 6.18 Å². The molecule has 4 rings (SSSR count). The van der Waals surface area contributed by atoms with Crippen LogP contribution in [-0.4, -0.2) is 25.7 Å². The molecule has 0 radical (unpaired) electrons. The lowest BCUT2D eigenvalue weighted by molar-refractivity contribution is -0.143. The van der Waals surface area contributed by atoms with Crippen molar-refractivity contribution in [3.8, 4) is 11.8 Å². The number of H-pyrrole nitrogens is 1. The van der Waals surface area contributed by atoms with Gasteiger partial charge in [-0.2, -0.15) is 23.5 Å². The molecule has 0 aliphatic rings. The largest absolute Gasteiger partial charge is 0.434 e. The van der Waals surface area contributed by atoms with Crippen molar-refractivity contribution in [2.24, 2.45) is 0 Å². The van der Waals surface area contributed by atoms with Crippen LogP contribution < -0.4 is 10.9 Å². The predicted octanol–water partition coefficient (Wildman–Crippen LogP) is 3.25. The average molecular weight is 424 g/mol. The molecule has 0 saturated heterocycles. The predicted molar refractivity (Wildman–Crippen MR) is 104 cm³/mol. The fourth-order valence-corrected chi connectivity index (χ4v) is 3.13. The fraction of sp³-hybridized carbons (Fsp3) is 0.0500. The van der Waals surface area contributed by atoms with Crippen LogP contribution in [0.1, 0.15) is 21.6 Å². The van der Waals surface area contributed by atoms with E-state index in [2.05, 4.69) is 20.4 Å². The molecule has 0 aliphatic heterocycles. The number of nitriles is 1. The standard InChI is InChI=1S/C20H11F3N6O2/c21-20(22,23)17-15(19(31)28-12-6-11(7-24)8-25-9-12)10-27-29(17)16-3-1-2-14-13(16)4-5-26-18(14)30/h1-6,8-10H,(H,26,30)(H,28,31). The molecule has 0 bridgehead atoms. The van der Waals surface area contributed by atoms with Crippen molar-refractivity contribution in [3.05, 3.63) is 82.3 Å². The van der Waals surface area contributed by atoms with Gasteiger partial charge in [0, 0.05) is 23.2 Å². The SMILES string of the molecule is N#Cc1cncc(NC(=O)c2cnn(-c3cccc4c(=O)[nH]ccc34)c2C(F)(F)F)c1. The summed E-state index contributed by atoms with van der Waals surface area (Å²) in [5.41, 5.74) is -2.32. The Morgan fingerprint density at radius 1 is 1.16 bits per heavy atom. The van der Waals surface area contributed by atoms with E-state index in [1.807, 2.05) is 6.07 Å². The Balaban J connectivity index is 1.84. The Labute approximate surface area is 171 Å². The first kappa shape index (κ1) is 19.8. The van der Waals surface area contributed by atoms with Crippen LogP contribution >= 0.6 is 0 Å². The lowest BCUT2D eigenvalue weighted by atomic mass is 10.1. The summed E-state index contributed by atoms with van der Waals surface area (Å²) >= 11 is 0. The van der Waals surface area contributed by atoms with E-state index in [-0.39, 0.29) is 27.7 Å². The topological polar surface area (TPSA) is 116 Å². The van der Waals surface area contributed by atoms with E-state index in [0.29, 0.717) is 4.68 Å². The van der Waals surface area contributed by atoms with Gasteiger partial charge < -0.3 is 10.3 Å². The van der Waals surface area contributed by atoms with Gasteiger partial charge >= 0.3 is 6.18 Å². The van der Waals surface area contributed by atoms with Gasteiger partial charge in [-0.1, -0.05) is 6.07 Å². The van der Waals surface area contributed by atoms with Crippen molar-refractivity contribution in [2.75, 3.05) is 5.32 Å². The zero-order valence-electron chi connectivity index (χ0n) is 15.4. The molecule has 0 spiro atoms. The van der Waals surface area contributed by atoms with Gasteiger partial charge in [-0.15, -0.1) is 0 Å². The maximum absolute atomic E-state index is 14.0. The van der Waals surface area contributed by atoms with Gasteiger partial charge in [-0.25, -0.2) is 4.68 Å². The number of carbonyl (C=O) groups is 1. The van der Waals surface area contributed by atoms with Crippen LogP contribution in [0.5, 0.6) is 0 Å². The highest BCUT2D eigenvalue weighted by Crippen LogP contribution is 2.35. The first-order chi connectivity index (χ1) is 14.8. The van der Waals surface area contributed by atoms with Crippen LogP contribution in [0.25, 0.3) is 16.5 Å². The van der Waals surface area contributed by atoms with Crippen molar-refractivity contribution < 1.29 is 18.0 Å². The average Bonchev–Trinajstić information content (AvgIpc) is 3.20. The Bertz CT molecular complexity index is 1410. The van der Waals surface area contributed by atoms with Crippen molar-refractivity contribution in [2.45, 2.75) is 6.18 Å². The third-order valence-corrected chi connectivity index (χ3v) is 4.43. The van der Waals surface area contributed by atoms with Crippen LogP contribution in [0.3, 0.4) is 0 Å². The molecule has 0 aliphatic carbocycles. The zero-order valence-corrected chi connectivity index (χ0v) is 15.4. The first-order valence-corrected chi connectivity index (χ1v) is 8.72. The Morgan fingerprint density at radius 3 is 2.71 bits per heavy atom. The van der Waals surface area contributed by atoms with Crippen LogP contribution in [0.4, 0.5) is 18.9 Å². The second kappa shape index (κ2) is 7.42. The second-order valence-corrected chi connectivity index (χ2v) is 6.39. The number of rotatable bonds is 3. The van der Waals surface area contributed by atoms with Crippen LogP contribution in [0.2, 0.25) is 0 Å². The minimum absolute atomic E-state index is 0.0110. The molecular formula is C20H11F3N6O2. The Hall–Kier alpha value is -4.46. The molecule has 4 aromatic rings. The van der Waals surface area contributed by atoms with E-state index >= 15 is 0 Å². The number of nitrogens with one attached hydrogen (secondary N) is 2. The van der Waals surface area contributed by atoms with Crippen molar-refractivity contribution in [3.63, 3.8) is 0 Å². The number of nitrogens with zero attached hydrogens (tertiary/aromatic N) is 4. The molecule has 11 heteroatoms. The Kier molecular flexibility index (Phi) is 4.75. The molecule has 2 N–H and O–H groups in total. The number of fused-ring (bicyclic) bond motifs is 1. The van der Waals surface area contributed by atoms with Gasteiger partial charge in [-0.05, 0) is 24.3 Å². The number of carbonyl (C=O) groups excluding carboxylic acids is 1. The molecule has 0 unspecified atom stereocenters. The summed E-state index contributed by atoms with van der Waals surface area (Å²) < 4.78 is 42.5. The van der Waals surface area contributed by atoms with E-state index in [1.54, 1.807) is 0 Å². The number of hydrogen-bond acceptors (Lipinski definition) is 5. The van der Waals surface area contributed by atoms with Crippen molar-refractivity contribution in [1.29, 1.82) is 5.26 Å². The van der Waals surface area contributed by atoms with E-state index in [4.69, 9.17) is 5.26 Å². The van der Waals surface area contributed by atoms with E-state index in [9.17, 15) is 22.8 Å². The monoisotopic (exact) mass is 424 g/mol. The van der Waals surface area contributed by atoms with Gasteiger partial charge in [0.25, 0.3) is 11.5 Å². The normalized spacial score (nSPS) is 11.3. The highest BCUT2D eigenvalue weighted by atomic mass is 19.4. The molecule has 3 heterocycles. The summed E-state index contributed by atoms with van der Waals surface area (Å²) in [6.07, 6.45) is -0.372. The molecule has 3 aromatic heterocycles. The summed E-state index contributed by atoms with van der Waals surface area (Å²) in [6.45, 7) is 0. The van der Waals surface area contributed by atoms with E-state index in [1.165, 1.54) is 48.9 Å². The maximum Gasteiger partial charge on any atom is 0.434 e. The van der Waals surface area contributed by atoms with Gasteiger partial charge in [0.1, 0.15) is 6.07 Å². The number of aromatic nitrogens is 4. The number of aromatic amines is 1. The number of halogens is 3. The number of pyridine rings is 2. The number of anilines is 1. The molecular weight excluding hydrogens is 413 g/mol. The zero-order chi connectivity index (χ0) is 22.2. The summed E-state index contributed by atoms with van der Waals surface area (Å²) in [5.74, 6) is -1.08. The molecule has 1 amide bonds. The molecule has 1 aromatic carbocycles. The minimum atomic E-state index is -4.93. The molecule has 0 fully saturated rings. The first-order valence-electron chi connectivity index (χ1n) is 8.72. The van der Waals surface area contributed by atoms with Gasteiger partial charge in [0.2, 0.25) is 0 Å². The smallest absolute Gasteiger partial charge is 0.329 e. The number of amides is 1. The van der Waals surface area contributed by atoms with Gasteiger partial charge in [0.15, 0.2) is 5.69 Å². The Morgan fingerprint density at radius 2 is 1.97 bits per heavy atom. The highest BCUT2D eigenvalue weighted by molar-refractivity contribution is 6.05. The quantitative estimate of drug-likeness (QED) is 0.524. The highest BCUT2D eigenvalue weighted by Gasteiger charge is 2.41. The number of benzene rings is 1. The fourth-order valence-electron chi connectivity index (χ4n) is 3.13. The molecule has 154 valence electrons. The van der Waals surface area contributed by atoms with Crippen LogP contribution in [0, 0.1) is 11.3 Å².